The number of imidazole rings is 1. The van der Waals surface area contributed by atoms with Gasteiger partial charge in [-0.2, -0.15) is 0 Å². The Bertz CT molecular complexity index is 722. The van der Waals surface area contributed by atoms with Gasteiger partial charge in [-0.05, 0) is 32.6 Å². The lowest BCUT2D eigenvalue weighted by Crippen LogP contribution is -2.46. The van der Waals surface area contributed by atoms with Crippen molar-refractivity contribution in [1.82, 2.24) is 14.9 Å². The normalized spacial score (nSPS) is 19.8. The third kappa shape index (κ3) is 2.73. The number of piperidine rings is 1. The van der Waals surface area contributed by atoms with Crippen LogP contribution < -0.4 is 0 Å². The molecule has 1 amide bonds. The maximum atomic E-state index is 12.9. The van der Waals surface area contributed by atoms with Gasteiger partial charge in [-0.15, -0.1) is 0 Å². The Morgan fingerprint density at radius 1 is 1.21 bits per heavy atom. The Morgan fingerprint density at radius 2 is 1.96 bits per heavy atom. The SMILES string of the molecule is Cc1[nH]c(-c2ccccc2)nc1C(=O)N1CCC2(CCCO2)CC1. The average molecular weight is 325 g/mol. The van der Waals surface area contributed by atoms with Crippen LogP contribution >= 0.6 is 0 Å². The minimum atomic E-state index is 0.0266. The molecule has 2 saturated heterocycles. The molecule has 5 nitrogen and oxygen atoms in total. The summed E-state index contributed by atoms with van der Waals surface area (Å²) < 4.78 is 5.94. The molecule has 1 N–H and O–H groups in total. The molecule has 0 saturated carbocycles. The lowest BCUT2D eigenvalue weighted by molar-refractivity contribution is -0.0388. The number of likely N-dealkylation sites (tertiary alicyclic amines) is 1. The molecule has 24 heavy (non-hydrogen) atoms. The predicted molar refractivity (Wildman–Crippen MR) is 91.8 cm³/mol. The standard InChI is InChI=1S/C19H23N3O2/c1-14-16(21-17(20-14)15-6-3-2-4-7-15)18(23)22-11-9-19(10-12-22)8-5-13-24-19/h2-4,6-7H,5,8-13H2,1H3,(H,20,21). The lowest BCUT2D eigenvalue weighted by Gasteiger charge is -2.38. The zero-order valence-corrected chi connectivity index (χ0v) is 14.0. The van der Waals surface area contributed by atoms with Crippen molar-refractivity contribution in [2.45, 2.75) is 38.2 Å². The number of nitrogens with zero attached hydrogens (tertiary/aromatic N) is 2. The van der Waals surface area contributed by atoms with Crippen LogP contribution in [0, 0.1) is 6.92 Å². The molecule has 3 heterocycles. The quantitative estimate of drug-likeness (QED) is 0.922. The van der Waals surface area contributed by atoms with Gasteiger partial charge in [0, 0.05) is 31.0 Å². The van der Waals surface area contributed by atoms with E-state index < -0.39 is 0 Å². The highest BCUT2D eigenvalue weighted by molar-refractivity contribution is 5.94. The van der Waals surface area contributed by atoms with Crippen LogP contribution in [0.15, 0.2) is 30.3 Å². The Morgan fingerprint density at radius 3 is 2.62 bits per heavy atom. The van der Waals surface area contributed by atoms with E-state index >= 15 is 0 Å². The number of carbonyl (C=O) groups is 1. The molecule has 126 valence electrons. The van der Waals surface area contributed by atoms with Crippen LogP contribution in [0.1, 0.15) is 41.9 Å². The van der Waals surface area contributed by atoms with Gasteiger partial charge in [-0.3, -0.25) is 4.79 Å². The molecule has 5 heteroatoms. The van der Waals surface area contributed by atoms with Gasteiger partial charge in [-0.1, -0.05) is 30.3 Å². The van der Waals surface area contributed by atoms with E-state index in [2.05, 4.69) is 9.97 Å². The maximum Gasteiger partial charge on any atom is 0.274 e. The molecule has 2 aliphatic heterocycles. The molecule has 0 unspecified atom stereocenters. The number of aryl methyl sites for hydroxylation is 1. The number of H-pyrrole nitrogens is 1. The Labute approximate surface area is 142 Å². The molecule has 1 aromatic carbocycles. The minimum Gasteiger partial charge on any atom is -0.375 e. The van der Waals surface area contributed by atoms with Gasteiger partial charge in [-0.25, -0.2) is 4.98 Å². The van der Waals surface area contributed by atoms with E-state index in [1.807, 2.05) is 42.2 Å². The first-order chi connectivity index (χ1) is 11.7. The van der Waals surface area contributed by atoms with Crippen LogP contribution in [0.2, 0.25) is 0 Å². The number of aromatic nitrogens is 2. The van der Waals surface area contributed by atoms with E-state index in [0.717, 1.165) is 62.5 Å². The summed E-state index contributed by atoms with van der Waals surface area (Å²) in [5, 5.41) is 0. The first-order valence-electron chi connectivity index (χ1n) is 8.72. The lowest BCUT2D eigenvalue weighted by atomic mass is 9.88. The van der Waals surface area contributed by atoms with E-state index in [4.69, 9.17) is 4.74 Å². The van der Waals surface area contributed by atoms with Crippen molar-refractivity contribution in [2.75, 3.05) is 19.7 Å². The highest BCUT2D eigenvalue weighted by atomic mass is 16.5. The number of hydrogen-bond donors (Lipinski definition) is 1. The summed E-state index contributed by atoms with van der Waals surface area (Å²) in [6.45, 7) is 4.29. The number of aromatic amines is 1. The van der Waals surface area contributed by atoms with Gasteiger partial charge < -0.3 is 14.6 Å². The van der Waals surface area contributed by atoms with Gasteiger partial charge in [0.1, 0.15) is 11.5 Å². The van der Waals surface area contributed by atoms with E-state index in [-0.39, 0.29) is 11.5 Å². The van der Waals surface area contributed by atoms with Gasteiger partial charge in [0.2, 0.25) is 0 Å². The number of hydrogen-bond acceptors (Lipinski definition) is 3. The van der Waals surface area contributed by atoms with Crippen LogP contribution in [0.3, 0.4) is 0 Å². The maximum absolute atomic E-state index is 12.9. The topological polar surface area (TPSA) is 58.2 Å². The van der Waals surface area contributed by atoms with Crippen LogP contribution in [-0.4, -0.2) is 46.1 Å². The summed E-state index contributed by atoms with van der Waals surface area (Å²) >= 11 is 0. The van der Waals surface area contributed by atoms with Crippen LogP contribution in [0.5, 0.6) is 0 Å². The van der Waals surface area contributed by atoms with Crippen LogP contribution in [0.25, 0.3) is 11.4 Å². The number of carbonyl (C=O) groups excluding carboxylic acids is 1. The molecule has 1 spiro atoms. The number of nitrogens with one attached hydrogen (secondary N) is 1. The van der Waals surface area contributed by atoms with Crippen molar-refractivity contribution in [1.29, 1.82) is 0 Å². The summed E-state index contributed by atoms with van der Waals surface area (Å²) in [7, 11) is 0. The fourth-order valence-electron chi connectivity index (χ4n) is 3.82. The summed E-state index contributed by atoms with van der Waals surface area (Å²) in [5.41, 5.74) is 2.40. The zero-order chi connectivity index (χ0) is 16.6. The molecular weight excluding hydrogens is 302 g/mol. The molecule has 0 radical (unpaired) electrons. The second kappa shape index (κ2) is 6.06. The largest absolute Gasteiger partial charge is 0.375 e. The van der Waals surface area contributed by atoms with Crippen LogP contribution in [0.4, 0.5) is 0 Å². The first-order valence-corrected chi connectivity index (χ1v) is 8.72. The van der Waals surface area contributed by atoms with Crippen molar-refractivity contribution in [3.8, 4) is 11.4 Å². The van der Waals surface area contributed by atoms with Crippen molar-refractivity contribution >= 4 is 5.91 Å². The molecular formula is C19H23N3O2. The fourth-order valence-corrected chi connectivity index (χ4v) is 3.82. The summed E-state index contributed by atoms with van der Waals surface area (Å²) in [6, 6.07) is 9.91. The first kappa shape index (κ1) is 15.4. The molecule has 2 fully saturated rings. The van der Waals surface area contributed by atoms with E-state index in [9.17, 15) is 4.79 Å². The average Bonchev–Trinajstić information content (AvgIpc) is 3.23. The molecule has 4 rings (SSSR count). The van der Waals surface area contributed by atoms with E-state index in [1.165, 1.54) is 0 Å². The zero-order valence-electron chi connectivity index (χ0n) is 14.0. The van der Waals surface area contributed by atoms with E-state index in [0.29, 0.717) is 5.69 Å². The summed E-state index contributed by atoms with van der Waals surface area (Å²) in [4.78, 5) is 22.6. The number of ether oxygens (including phenoxy) is 1. The predicted octanol–water partition coefficient (Wildman–Crippen LogP) is 3.17. The monoisotopic (exact) mass is 325 g/mol. The van der Waals surface area contributed by atoms with Gasteiger partial charge in [0.15, 0.2) is 0 Å². The molecule has 1 aromatic heterocycles. The number of amides is 1. The number of rotatable bonds is 2. The molecule has 0 atom stereocenters. The third-order valence-corrected chi connectivity index (χ3v) is 5.28. The highest BCUT2D eigenvalue weighted by Crippen LogP contribution is 2.36. The van der Waals surface area contributed by atoms with Gasteiger partial charge in [0.05, 0.1) is 5.60 Å². The summed E-state index contributed by atoms with van der Waals surface area (Å²) in [6.07, 6.45) is 4.16. The second-order valence-corrected chi connectivity index (χ2v) is 6.85. The fraction of sp³-hybridized carbons (Fsp3) is 0.474. The van der Waals surface area contributed by atoms with Crippen LogP contribution in [-0.2, 0) is 4.74 Å². The molecule has 2 aromatic rings. The Hall–Kier alpha value is -2.14. The van der Waals surface area contributed by atoms with Crippen molar-refractivity contribution in [2.24, 2.45) is 0 Å². The molecule has 2 aliphatic rings. The van der Waals surface area contributed by atoms with Gasteiger partial charge >= 0.3 is 0 Å². The van der Waals surface area contributed by atoms with E-state index in [1.54, 1.807) is 0 Å². The minimum absolute atomic E-state index is 0.0266. The van der Waals surface area contributed by atoms with Crippen molar-refractivity contribution in [3.63, 3.8) is 0 Å². The Kier molecular flexibility index (Phi) is 3.88. The van der Waals surface area contributed by atoms with Crippen molar-refractivity contribution in [3.05, 3.63) is 41.7 Å². The smallest absolute Gasteiger partial charge is 0.274 e. The molecule has 0 aliphatic carbocycles. The third-order valence-electron chi connectivity index (χ3n) is 5.28. The van der Waals surface area contributed by atoms with Crippen molar-refractivity contribution < 1.29 is 9.53 Å². The Balaban J connectivity index is 1.50. The summed E-state index contributed by atoms with van der Waals surface area (Å²) in [5.74, 6) is 0.780. The highest BCUT2D eigenvalue weighted by Gasteiger charge is 2.39. The second-order valence-electron chi connectivity index (χ2n) is 6.85. The number of benzene rings is 1. The molecule has 0 bridgehead atoms. The van der Waals surface area contributed by atoms with Gasteiger partial charge in [0.25, 0.3) is 5.91 Å².